The van der Waals surface area contributed by atoms with Gasteiger partial charge >= 0.3 is 0 Å². The van der Waals surface area contributed by atoms with Crippen LogP contribution < -0.4 is 11.1 Å². The highest BCUT2D eigenvalue weighted by Crippen LogP contribution is 2.40. The minimum atomic E-state index is -0.475. The Bertz CT molecular complexity index is 665. The second kappa shape index (κ2) is 7.19. The Morgan fingerprint density at radius 2 is 2.17 bits per heavy atom. The van der Waals surface area contributed by atoms with E-state index in [9.17, 15) is 4.79 Å². The van der Waals surface area contributed by atoms with Crippen LogP contribution in [0.3, 0.4) is 0 Å². The molecule has 6 heteroatoms. The van der Waals surface area contributed by atoms with Crippen LogP contribution in [0.5, 0.6) is 0 Å². The molecule has 0 aliphatic heterocycles. The molecule has 1 atom stereocenters. The lowest BCUT2D eigenvalue weighted by molar-refractivity contribution is -0.117. The highest BCUT2D eigenvalue weighted by molar-refractivity contribution is 7.98. The van der Waals surface area contributed by atoms with Crippen molar-refractivity contribution in [2.75, 3.05) is 17.3 Å². The number of carbonyl (C=O) groups excluding carboxylic acids is 1. The maximum atomic E-state index is 12.0. The highest BCUT2D eigenvalue weighted by atomic mass is 32.2. The molecular weight excluding hydrogens is 310 g/mol. The SMILES string of the molecule is CSCC[C@H](N)C(=O)Nc1ccc(-c2cnc(C3CC3)o2)cc1. The molecule has 1 heterocycles. The molecule has 5 nitrogen and oxygen atoms in total. The molecule has 122 valence electrons. The first-order chi connectivity index (χ1) is 11.2. The van der Waals surface area contributed by atoms with E-state index in [2.05, 4.69) is 10.3 Å². The molecule has 3 N–H and O–H groups in total. The van der Waals surface area contributed by atoms with E-state index in [1.54, 1.807) is 18.0 Å². The van der Waals surface area contributed by atoms with Gasteiger partial charge in [0.15, 0.2) is 11.7 Å². The van der Waals surface area contributed by atoms with Gasteiger partial charge in [-0.15, -0.1) is 0 Å². The van der Waals surface area contributed by atoms with Gasteiger partial charge in [-0.25, -0.2) is 4.98 Å². The normalized spacial score (nSPS) is 15.4. The molecule has 1 aliphatic carbocycles. The van der Waals surface area contributed by atoms with E-state index in [-0.39, 0.29) is 5.91 Å². The number of amides is 1. The third-order valence-electron chi connectivity index (χ3n) is 3.86. The number of hydrogen-bond donors (Lipinski definition) is 2. The smallest absolute Gasteiger partial charge is 0.241 e. The van der Waals surface area contributed by atoms with Crippen molar-refractivity contribution in [2.24, 2.45) is 5.73 Å². The molecule has 3 rings (SSSR count). The lowest BCUT2D eigenvalue weighted by Crippen LogP contribution is -2.36. The van der Waals surface area contributed by atoms with E-state index in [4.69, 9.17) is 10.2 Å². The number of oxazole rings is 1. The molecule has 1 aromatic carbocycles. The van der Waals surface area contributed by atoms with E-state index in [0.717, 1.165) is 28.7 Å². The zero-order valence-corrected chi connectivity index (χ0v) is 13.9. The summed E-state index contributed by atoms with van der Waals surface area (Å²) in [5.74, 6) is 2.83. The van der Waals surface area contributed by atoms with Gasteiger partial charge in [0.1, 0.15) is 0 Å². The lowest BCUT2D eigenvalue weighted by Gasteiger charge is -2.11. The summed E-state index contributed by atoms with van der Waals surface area (Å²) in [6.45, 7) is 0. The van der Waals surface area contributed by atoms with Crippen LogP contribution in [-0.4, -0.2) is 28.9 Å². The number of nitrogens with one attached hydrogen (secondary N) is 1. The van der Waals surface area contributed by atoms with Gasteiger partial charge in [0, 0.05) is 17.2 Å². The number of rotatable bonds is 7. The Balaban J connectivity index is 1.61. The largest absolute Gasteiger partial charge is 0.440 e. The first-order valence-corrected chi connectivity index (χ1v) is 9.18. The summed E-state index contributed by atoms with van der Waals surface area (Å²) in [6, 6.07) is 7.07. The Kier molecular flexibility index (Phi) is 5.03. The number of thioether (sulfide) groups is 1. The molecule has 0 unspecified atom stereocenters. The number of carbonyl (C=O) groups is 1. The predicted octanol–water partition coefficient (Wildman–Crippen LogP) is 3.24. The van der Waals surface area contributed by atoms with Gasteiger partial charge in [-0.2, -0.15) is 11.8 Å². The Hall–Kier alpha value is -1.79. The molecule has 0 radical (unpaired) electrons. The predicted molar refractivity (Wildman–Crippen MR) is 93.5 cm³/mol. The summed E-state index contributed by atoms with van der Waals surface area (Å²) in [5.41, 5.74) is 7.55. The molecule has 0 spiro atoms. The third-order valence-corrected chi connectivity index (χ3v) is 4.50. The first-order valence-electron chi connectivity index (χ1n) is 7.79. The van der Waals surface area contributed by atoms with E-state index in [1.165, 1.54) is 12.8 Å². The van der Waals surface area contributed by atoms with Crippen LogP contribution in [0, 0.1) is 0 Å². The molecule has 1 saturated carbocycles. The maximum absolute atomic E-state index is 12.0. The van der Waals surface area contributed by atoms with E-state index >= 15 is 0 Å². The van der Waals surface area contributed by atoms with E-state index in [1.807, 2.05) is 30.5 Å². The van der Waals surface area contributed by atoms with Crippen molar-refractivity contribution in [3.05, 3.63) is 36.4 Å². The number of benzene rings is 1. The second-order valence-electron chi connectivity index (χ2n) is 5.79. The fourth-order valence-corrected chi connectivity index (χ4v) is 2.76. The zero-order valence-electron chi connectivity index (χ0n) is 13.1. The third kappa shape index (κ3) is 4.14. The standard InChI is InChI=1S/C17H21N3O2S/c1-23-9-8-14(18)16(21)20-13-6-4-11(5-7-13)15-10-19-17(22-15)12-2-3-12/h4-7,10,12,14H,2-3,8-9,18H2,1H3,(H,20,21)/t14-/m0/s1. The van der Waals surface area contributed by atoms with Crippen LogP contribution in [0.4, 0.5) is 5.69 Å². The minimum Gasteiger partial charge on any atom is -0.440 e. The van der Waals surface area contributed by atoms with Crippen LogP contribution in [0.15, 0.2) is 34.9 Å². The van der Waals surface area contributed by atoms with Gasteiger partial charge in [0.25, 0.3) is 0 Å². The second-order valence-corrected chi connectivity index (χ2v) is 6.78. The Labute approximate surface area is 140 Å². The van der Waals surface area contributed by atoms with Crippen molar-refractivity contribution in [1.29, 1.82) is 0 Å². The number of aromatic nitrogens is 1. The zero-order chi connectivity index (χ0) is 16.2. The van der Waals surface area contributed by atoms with Crippen molar-refractivity contribution in [1.82, 2.24) is 4.98 Å². The van der Waals surface area contributed by atoms with Crippen molar-refractivity contribution >= 4 is 23.4 Å². The van der Waals surface area contributed by atoms with Crippen molar-refractivity contribution in [3.8, 4) is 11.3 Å². The average Bonchev–Trinajstić information content (AvgIpc) is 3.30. The quantitative estimate of drug-likeness (QED) is 0.814. The Morgan fingerprint density at radius 1 is 1.43 bits per heavy atom. The monoisotopic (exact) mass is 331 g/mol. The number of anilines is 1. The molecule has 1 amide bonds. The fraction of sp³-hybridized carbons (Fsp3) is 0.412. The molecule has 0 saturated heterocycles. The van der Waals surface area contributed by atoms with Crippen LogP contribution >= 0.6 is 11.8 Å². The molecule has 1 aromatic heterocycles. The molecular formula is C17H21N3O2S. The summed E-state index contributed by atoms with van der Waals surface area (Å²) in [6.07, 6.45) is 6.78. The fourth-order valence-electron chi connectivity index (χ4n) is 2.27. The molecule has 1 fully saturated rings. The first kappa shape index (κ1) is 16.1. The van der Waals surface area contributed by atoms with Crippen LogP contribution in [0.1, 0.15) is 31.1 Å². The van der Waals surface area contributed by atoms with Crippen LogP contribution in [0.25, 0.3) is 11.3 Å². The number of nitrogens with two attached hydrogens (primary N) is 1. The van der Waals surface area contributed by atoms with E-state index in [0.29, 0.717) is 12.3 Å². The molecule has 0 bridgehead atoms. The summed E-state index contributed by atoms with van der Waals surface area (Å²) < 4.78 is 5.78. The van der Waals surface area contributed by atoms with E-state index < -0.39 is 6.04 Å². The topological polar surface area (TPSA) is 81.2 Å². The molecule has 2 aromatic rings. The Morgan fingerprint density at radius 3 is 2.83 bits per heavy atom. The van der Waals surface area contributed by atoms with Crippen molar-refractivity contribution < 1.29 is 9.21 Å². The summed E-state index contributed by atoms with van der Waals surface area (Å²) in [4.78, 5) is 16.3. The lowest BCUT2D eigenvalue weighted by atomic mass is 10.1. The summed E-state index contributed by atoms with van der Waals surface area (Å²) in [7, 11) is 0. The van der Waals surface area contributed by atoms with Crippen LogP contribution in [0.2, 0.25) is 0 Å². The van der Waals surface area contributed by atoms with Gasteiger partial charge in [-0.05, 0) is 55.5 Å². The van der Waals surface area contributed by atoms with Gasteiger partial charge in [-0.1, -0.05) is 0 Å². The maximum Gasteiger partial charge on any atom is 0.241 e. The number of nitrogens with zero attached hydrogens (tertiary/aromatic N) is 1. The van der Waals surface area contributed by atoms with Crippen LogP contribution in [-0.2, 0) is 4.79 Å². The van der Waals surface area contributed by atoms with Crippen molar-refractivity contribution in [3.63, 3.8) is 0 Å². The molecule has 1 aliphatic rings. The summed E-state index contributed by atoms with van der Waals surface area (Å²) in [5, 5.41) is 2.84. The molecule has 23 heavy (non-hydrogen) atoms. The van der Waals surface area contributed by atoms with Gasteiger partial charge < -0.3 is 15.5 Å². The van der Waals surface area contributed by atoms with Gasteiger partial charge in [0.05, 0.1) is 12.2 Å². The minimum absolute atomic E-state index is 0.150. The van der Waals surface area contributed by atoms with Crippen molar-refractivity contribution in [2.45, 2.75) is 31.2 Å². The highest BCUT2D eigenvalue weighted by Gasteiger charge is 2.28. The average molecular weight is 331 g/mol. The van der Waals surface area contributed by atoms with Gasteiger partial charge in [-0.3, -0.25) is 4.79 Å². The van der Waals surface area contributed by atoms with Gasteiger partial charge in [0.2, 0.25) is 5.91 Å². The number of hydrogen-bond acceptors (Lipinski definition) is 5. The summed E-state index contributed by atoms with van der Waals surface area (Å²) >= 11 is 1.69.